The number of rotatable bonds is 5. The SMILES string of the molecule is O=C(NCc1cccc(C(=O)O)c1)NCC1CCOC1. The van der Waals surface area contributed by atoms with Crippen LogP contribution in [-0.4, -0.2) is 36.9 Å². The minimum atomic E-state index is -0.975. The maximum Gasteiger partial charge on any atom is 0.335 e. The Morgan fingerprint density at radius 2 is 2.20 bits per heavy atom. The molecule has 1 fully saturated rings. The molecule has 0 aliphatic carbocycles. The lowest BCUT2D eigenvalue weighted by Crippen LogP contribution is -2.38. The molecule has 1 aromatic rings. The fourth-order valence-corrected chi connectivity index (χ4v) is 2.04. The number of aromatic carboxylic acids is 1. The van der Waals surface area contributed by atoms with Crippen LogP contribution in [0.2, 0.25) is 0 Å². The van der Waals surface area contributed by atoms with E-state index < -0.39 is 5.97 Å². The zero-order valence-electron chi connectivity index (χ0n) is 11.1. The van der Waals surface area contributed by atoms with Crippen LogP contribution < -0.4 is 10.6 Å². The van der Waals surface area contributed by atoms with Gasteiger partial charge in [0.1, 0.15) is 0 Å². The lowest BCUT2D eigenvalue weighted by molar-refractivity contribution is 0.0696. The average Bonchev–Trinajstić information content (AvgIpc) is 2.96. The highest BCUT2D eigenvalue weighted by Gasteiger charge is 2.16. The van der Waals surface area contributed by atoms with Gasteiger partial charge >= 0.3 is 12.0 Å². The van der Waals surface area contributed by atoms with E-state index in [2.05, 4.69) is 10.6 Å². The number of carbonyl (C=O) groups is 2. The third kappa shape index (κ3) is 4.24. The molecule has 20 heavy (non-hydrogen) atoms. The van der Waals surface area contributed by atoms with Crippen LogP contribution in [0.4, 0.5) is 4.79 Å². The zero-order chi connectivity index (χ0) is 14.4. The molecular formula is C14H18N2O4. The van der Waals surface area contributed by atoms with Crippen LogP contribution >= 0.6 is 0 Å². The van der Waals surface area contributed by atoms with E-state index in [1.54, 1.807) is 18.2 Å². The fourth-order valence-electron chi connectivity index (χ4n) is 2.04. The van der Waals surface area contributed by atoms with E-state index in [4.69, 9.17) is 9.84 Å². The van der Waals surface area contributed by atoms with Gasteiger partial charge in [0, 0.05) is 25.6 Å². The molecule has 2 rings (SSSR count). The van der Waals surface area contributed by atoms with Gasteiger partial charge in [0.2, 0.25) is 0 Å². The number of carboxylic acid groups (broad SMARTS) is 1. The summed E-state index contributed by atoms with van der Waals surface area (Å²) in [5.74, 6) is -0.589. The van der Waals surface area contributed by atoms with Gasteiger partial charge in [-0.05, 0) is 24.1 Å². The van der Waals surface area contributed by atoms with Gasteiger partial charge in [-0.2, -0.15) is 0 Å². The molecule has 0 saturated carbocycles. The van der Waals surface area contributed by atoms with E-state index in [1.807, 2.05) is 0 Å². The molecule has 6 nitrogen and oxygen atoms in total. The van der Waals surface area contributed by atoms with E-state index in [-0.39, 0.29) is 11.6 Å². The van der Waals surface area contributed by atoms with Crippen molar-refractivity contribution in [2.75, 3.05) is 19.8 Å². The lowest BCUT2D eigenvalue weighted by atomic mass is 10.1. The maximum absolute atomic E-state index is 11.6. The van der Waals surface area contributed by atoms with Crippen molar-refractivity contribution in [2.24, 2.45) is 5.92 Å². The summed E-state index contributed by atoms with van der Waals surface area (Å²) in [5, 5.41) is 14.4. The molecule has 3 N–H and O–H groups in total. The molecular weight excluding hydrogens is 260 g/mol. The Morgan fingerprint density at radius 1 is 1.35 bits per heavy atom. The first-order chi connectivity index (χ1) is 9.65. The number of carboxylic acids is 1. The standard InChI is InChI=1S/C14H18N2O4/c17-13(18)12-3-1-2-10(6-12)7-15-14(19)16-8-11-4-5-20-9-11/h1-3,6,11H,4-5,7-9H2,(H,17,18)(H2,15,16,19). The highest BCUT2D eigenvalue weighted by Crippen LogP contribution is 2.10. The summed E-state index contributed by atoms with van der Waals surface area (Å²) in [5.41, 5.74) is 0.970. The molecule has 2 amide bonds. The number of benzene rings is 1. The van der Waals surface area contributed by atoms with Crippen molar-refractivity contribution in [1.82, 2.24) is 10.6 Å². The van der Waals surface area contributed by atoms with Crippen molar-refractivity contribution in [1.29, 1.82) is 0 Å². The second kappa shape index (κ2) is 6.91. The molecule has 0 radical (unpaired) electrons. The first-order valence-electron chi connectivity index (χ1n) is 6.57. The Balaban J connectivity index is 1.75. The first-order valence-corrected chi connectivity index (χ1v) is 6.57. The van der Waals surface area contributed by atoms with E-state index in [0.717, 1.165) is 18.6 Å². The Bertz CT molecular complexity index is 484. The summed E-state index contributed by atoms with van der Waals surface area (Å²) in [7, 11) is 0. The van der Waals surface area contributed by atoms with Crippen molar-refractivity contribution < 1.29 is 19.4 Å². The normalized spacial score (nSPS) is 17.7. The van der Waals surface area contributed by atoms with Crippen molar-refractivity contribution in [3.8, 4) is 0 Å². The van der Waals surface area contributed by atoms with Gasteiger partial charge in [0.05, 0.1) is 12.2 Å². The summed E-state index contributed by atoms with van der Waals surface area (Å²) in [6.45, 7) is 2.35. The van der Waals surface area contributed by atoms with Gasteiger partial charge in [0.25, 0.3) is 0 Å². The Labute approximate surface area is 117 Å². The van der Waals surface area contributed by atoms with Crippen LogP contribution in [0.3, 0.4) is 0 Å². The highest BCUT2D eigenvalue weighted by molar-refractivity contribution is 5.87. The van der Waals surface area contributed by atoms with Gasteiger partial charge in [-0.1, -0.05) is 12.1 Å². The summed E-state index contributed by atoms with van der Waals surface area (Å²) in [6, 6.07) is 6.25. The van der Waals surface area contributed by atoms with E-state index in [9.17, 15) is 9.59 Å². The van der Waals surface area contributed by atoms with Gasteiger partial charge in [0.15, 0.2) is 0 Å². The van der Waals surface area contributed by atoms with Crippen LogP contribution in [0.5, 0.6) is 0 Å². The van der Waals surface area contributed by atoms with Crippen LogP contribution in [0.25, 0.3) is 0 Å². The Morgan fingerprint density at radius 3 is 2.90 bits per heavy atom. The van der Waals surface area contributed by atoms with E-state index in [1.165, 1.54) is 6.07 Å². The largest absolute Gasteiger partial charge is 0.478 e. The van der Waals surface area contributed by atoms with Gasteiger partial charge in [-0.15, -0.1) is 0 Å². The van der Waals surface area contributed by atoms with Gasteiger partial charge in [-0.3, -0.25) is 0 Å². The second-order valence-electron chi connectivity index (χ2n) is 4.80. The summed E-state index contributed by atoms with van der Waals surface area (Å²) >= 11 is 0. The molecule has 1 saturated heterocycles. The highest BCUT2D eigenvalue weighted by atomic mass is 16.5. The number of hydrogen-bond donors (Lipinski definition) is 3. The predicted molar refractivity (Wildman–Crippen MR) is 72.6 cm³/mol. The topological polar surface area (TPSA) is 87.7 Å². The zero-order valence-corrected chi connectivity index (χ0v) is 11.1. The number of ether oxygens (including phenoxy) is 1. The second-order valence-corrected chi connectivity index (χ2v) is 4.80. The number of amides is 2. The molecule has 1 heterocycles. The van der Waals surface area contributed by atoms with Crippen molar-refractivity contribution >= 4 is 12.0 Å². The van der Waals surface area contributed by atoms with E-state index in [0.29, 0.717) is 25.6 Å². The van der Waals surface area contributed by atoms with Crippen LogP contribution in [0.15, 0.2) is 24.3 Å². The van der Waals surface area contributed by atoms with Crippen LogP contribution in [0, 0.1) is 5.92 Å². The molecule has 1 aromatic carbocycles. The monoisotopic (exact) mass is 278 g/mol. The number of nitrogens with one attached hydrogen (secondary N) is 2. The molecule has 0 bridgehead atoms. The third-order valence-electron chi connectivity index (χ3n) is 3.20. The quantitative estimate of drug-likeness (QED) is 0.755. The van der Waals surface area contributed by atoms with Crippen LogP contribution in [0.1, 0.15) is 22.3 Å². The smallest absolute Gasteiger partial charge is 0.335 e. The first kappa shape index (κ1) is 14.3. The molecule has 1 atom stereocenters. The van der Waals surface area contributed by atoms with Crippen molar-refractivity contribution in [2.45, 2.75) is 13.0 Å². The minimum Gasteiger partial charge on any atom is -0.478 e. The molecule has 108 valence electrons. The Hall–Kier alpha value is -2.08. The Kier molecular flexibility index (Phi) is 4.95. The minimum absolute atomic E-state index is 0.216. The molecule has 1 aliphatic heterocycles. The molecule has 0 aromatic heterocycles. The average molecular weight is 278 g/mol. The van der Waals surface area contributed by atoms with Gasteiger partial charge < -0.3 is 20.5 Å². The molecule has 0 spiro atoms. The molecule has 6 heteroatoms. The predicted octanol–water partition coefficient (Wildman–Crippen LogP) is 1.22. The van der Waals surface area contributed by atoms with Crippen molar-refractivity contribution in [3.63, 3.8) is 0 Å². The summed E-state index contributed by atoms with van der Waals surface area (Å²) < 4.78 is 5.23. The number of carbonyl (C=O) groups excluding carboxylic acids is 1. The number of hydrogen-bond acceptors (Lipinski definition) is 3. The van der Waals surface area contributed by atoms with Crippen molar-refractivity contribution in [3.05, 3.63) is 35.4 Å². The van der Waals surface area contributed by atoms with Gasteiger partial charge in [-0.25, -0.2) is 9.59 Å². The molecule has 1 unspecified atom stereocenters. The molecule has 1 aliphatic rings. The van der Waals surface area contributed by atoms with Crippen LogP contribution in [-0.2, 0) is 11.3 Å². The van der Waals surface area contributed by atoms with E-state index >= 15 is 0 Å². The summed E-state index contributed by atoms with van der Waals surface area (Å²) in [6.07, 6.45) is 0.973. The lowest BCUT2D eigenvalue weighted by Gasteiger charge is -2.11. The summed E-state index contributed by atoms with van der Waals surface area (Å²) in [4.78, 5) is 22.4. The number of urea groups is 1. The maximum atomic E-state index is 11.6. The fraction of sp³-hybridized carbons (Fsp3) is 0.429. The third-order valence-corrected chi connectivity index (χ3v) is 3.20.